The Morgan fingerprint density at radius 2 is 2.00 bits per heavy atom. The van der Waals surface area contributed by atoms with Gasteiger partial charge in [-0.25, -0.2) is 8.42 Å². The van der Waals surface area contributed by atoms with Crippen molar-refractivity contribution in [2.24, 2.45) is 0 Å². The largest absolute Gasteiger partial charge is 0.481 e. The van der Waals surface area contributed by atoms with Crippen molar-refractivity contribution in [2.75, 3.05) is 5.75 Å². The molecule has 1 N–H and O–H groups in total. The lowest BCUT2D eigenvalue weighted by Gasteiger charge is -2.34. The van der Waals surface area contributed by atoms with Crippen molar-refractivity contribution in [3.05, 3.63) is 47.5 Å². The minimum atomic E-state index is -3.53. The number of sulfone groups is 1. The molecule has 1 atom stereocenters. The van der Waals surface area contributed by atoms with E-state index < -0.39 is 27.0 Å². The molecule has 2 aromatic heterocycles. The lowest BCUT2D eigenvalue weighted by Crippen LogP contribution is -2.41. The number of benzene rings is 1. The zero-order valence-corrected chi connectivity index (χ0v) is 15.6. The minimum Gasteiger partial charge on any atom is -0.481 e. The van der Waals surface area contributed by atoms with Gasteiger partial charge in [-0.05, 0) is 25.0 Å². The van der Waals surface area contributed by atoms with E-state index in [1.54, 1.807) is 12.3 Å². The number of rotatable bonds is 4. The van der Waals surface area contributed by atoms with Crippen molar-refractivity contribution < 1.29 is 22.7 Å². The van der Waals surface area contributed by atoms with E-state index >= 15 is 0 Å². The maximum Gasteiger partial charge on any atom is 0.305 e. The van der Waals surface area contributed by atoms with E-state index in [1.165, 1.54) is 11.3 Å². The molecule has 0 bridgehead atoms. The first-order chi connectivity index (χ1) is 12.4. The van der Waals surface area contributed by atoms with Crippen LogP contribution >= 0.6 is 11.3 Å². The second-order valence-electron chi connectivity index (χ2n) is 6.66. The number of thiophene rings is 1. The number of furan rings is 1. The molecule has 1 fully saturated rings. The zero-order chi connectivity index (χ0) is 18.4. The van der Waals surface area contributed by atoms with Gasteiger partial charge in [0.15, 0.2) is 15.6 Å². The number of hydrogen-bond acceptors (Lipinski definition) is 5. The Bertz CT molecular complexity index is 1080. The van der Waals surface area contributed by atoms with Crippen LogP contribution in [0.4, 0.5) is 0 Å². The van der Waals surface area contributed by atoms with Gasteiger partial charge in [0.2, 0.25) is 0 Å². The number of carbonyl (C=O) groups is 1. The maximum absolute atomic E-state index is 12.9. The van der Waals surface area contributed by atoms with Crippen LogP contribution in [0.15, 0.2) is 47.1 Å². The lowest BCUT2D eigenvalue weighted by atomic mass is 9.95. The average Bonchev–Trinajstić information content (AvgIpc) is 3.23. The van der Waals surface area contributed by atoms with Crippen molar-refractivity contribution >= 4 is 37.9 Å². The number of carboxylic acids is 1. The highest BCUT2D eigenvalue weighted by Gasteiger charge is 2.49. The molecule has 1 saturated heterocycles. The van der Waals surface area contributed by atoms with Crippen LogP contribution < -0.4 is 0 Å². The maximum atomic E-state index is 12.9. The van der Waals surface area contributed by atoms with E-state index in [0.717, 1.165) is 15.6 Å². The van der Waals surface area contributed by atoms with Crippen LogP contribution in [0.3, 0.4) is 0 Å². The normalized spacial score (nSPS) is 22.5. The first kappa shape index (κ1) is 17.3. The van der Waals surface area contributed by atoms with Crippen LogP contribution in [-0.2, 0) is 19.4 Å². The summed E-state index contributed by atoms with van der Waals surface area (Å²) in [5, 5.41) is 11.3. The summed E-state index contributed by atoms with van der Waals surface area (Å²) in [4.78, 5) is 12.9. The van der Waals surface area contributed by atoms with E-state index in [9.17, 15) is 18.3 Å². The number of hydrogen-bond donors (Lipinski definition) is 1. The quantitative estimate of drug-likeness (QED) is 0.712. The molecule has 7 heteroatoms. The highest BCUT2D eigenvalue weighted by molar-refractivity contribution is 7.92. The van der Waals surface area contributed by atoms with E-state index in [2.05, 4.69) is 0 Å². The molecule has 0 unspecified atom stereocenters. The third kappa shape index (κ3) is 2.66. The predicted octanol–water partition coefficient (Wildman–Crippen LogP) is 4.43. The van der Waals surface area contributed by atoms with Crippen LogP contribution in [0.25, 0.3) is 21.4 Å². The Morgan fingerprint density at radius 3 is 2.77 bits per heavy atom. The van der Waals surface area contributed by atoms with Crippen molar-refractivity contribution in [1.29, 1.82) is 0 Å². The smallest absolute Gasteiger partial charge is 0.305 e. The highest BCUT2D eigenvalue weighted by Crippen LogP contribution is 2.48. The molecule has 3 heterocycles. The molecule has 26 heavy (non-hydrogen) atoms. The molecular formula is C19H18O5S2. The Kier molecular flexibility index (Phi) is 4.16. The number of aliphatic carboxylic acids is 1. The van der Waals surface area contributed by atoms with E-state index in [1.807, 2.05) is 30.3 Å². The van der Waals surface area contributed by atoms with Gasteiger partial charge in [-0.15, -0.1) is 11.3 Å². The predicted molar refractivity (Wildman–Crippen MR) is 101 cm³/mol. The van der Waals surface area contributed by atoms with E-state index in [4.69, 9.17) is 4.42 Å². The first-order valence-corrected chi connectivity index (χ1v) is 10.9. The Hall–Kier alpha value is -2.12. The molecule has 0 saturated carbocycles. The molecule has 1 aromatic carbocycles. The fourth-order valence-corrected chi connectivity index (χ4v) is 7.52. The van der Waals surface area contributed by atoms with Crippen LogP contribution in [0.5, 0.6) is 0 Å². The minimum absolute atomic E-state index is 0.0389. The SMILES string of the molecule is O=C(O)C[C@]1(c2ccc(-c3occ4ccccc34)s2)CCCCS1(=O)=O. The summed E-state index contributed by atoms with van der Waals surface area (Å²) in [6.45, 7) is 0. The van der Waals surface area contributed by atoms with Crippen molar-refractivity contribution in [3.8, 4) is 10.6 Å². The van der Waals surface area contributed by atoms with Gasteiger partial charge in [0.05, 0.1) is 23.3 Å². The third-order valence-electron chi connectivity index (χ3n) is 5.06. The summed E-state index contributed by atoms with van der Waals surface area (Å²) >= 11 is 1.32. The molecule has 136 valence electrons. The number of fused-ring (bicyclic) bond motifs is 1. The lowest BCUT2D eigenvalue weighted by molar-refractivity contribution is -0.137. The van der Waals surface area contributed by atoms with Gasteiger partial charge in [-0.3, -0.25) is 4.79 Å². The molecule has 1 aliphatic heterocycles. The van der Waals surface area contributed by atoms with E-state index in [0.29, 0.717) is 29.9 Å². The topological polar surface area (TPSA) is 84.6 Å². The molecule has 0 radical (unpaired) electrons. The highest BCUT2D eigenvalue weighted by atomic mass is 32.2. The van der Waals surface area contributed by atoms with Gasteiger partial charge in [-0.2, -0.15) is 0 Å². The van der Waals surface area contributed by atoms with Crippen LogP contribution in [0, 0.1) is 0 Å². The fraction of sp³-hybridized carbons (Fsp3) is 0.316. The summed E-state index contributed by atoms with van der Waals surface area (Å²) < 4.78 is 30.1. The van der Waals surface area contributed by atoms with Crippen LogP contribution in [0.2, 0.25) is 0 Å². The Balaban J connectivity index is 1.83. The zero-order valence-electron chi connectivity index (χ0n) is 14.0. The van der Waals surface area contributed by atoms with Gasteiger partial charge in [0.25, 0.3) is 0 Å². The second kappa shape index (κ2) is 6.25. The average molecular weight is 390 g/mol. The molecule has 0 aliphatic carbocycles. The van der Waals surface area contributed by atoms with Gasteiger partial charge in [0.1, 0.15) is 4.75 Å². The van der Waals surface area contributed by atoms with Gasteiger partial charge < -0.3 is 9.52 Å². The molecule has 1 aliphatic rings. The second-order valence-corrected chi connectivity index (χ2v) is 10.2. The summed E-state index contributed by atoms with van der Waals surface area (Å²) in [6, 6.07) is 11.3. The van der Waals surface area contributed by atoms with Crippen LogP contribution in [-0.4, -0.2) is 25.2 Å². The summed E-state index contributed by atoms with van der Waals surface area (Å²) in [7, 11) is -3.53. The van der Waals surface area contributed by atoms with Crippen molar-refractivity contribution in [1.82, 2.24) is 0 Å². The molecular weight excluding hydrogens is 372 g/mol. The standard InChI is InChI=1S/C19H18O5S2/c20-17(21)11-19(9-3-4-10-26(19,22)23)16-8-7-15(25-16)18-14-6-2-1-5-13(14)12-24-18/h1-2,5-8,12H,3-4,9-11H2,(H,20,21)/t19-/m0/s1. The van der Waals surface area contributed by atoms with Gasteiger partial charge in [-0.1, -0.05) is 30.7 Å². The van der Waals surface area contributed by atoms with Crippen LogP contribution in [0.1, 0.15) is 30.6 Å². The summed E-state index contributed by atoms with van der Waals surface area (Å²) in [5.74, 6) is -0.360. The molecule has 0 spiro atoms. The van der Waals surface area contributed by atoms with Crippen molar-refractivity contribution in [3.63, 3.8) is 0 Å². The Morgan fingerprint density at radius 1 is 1.19 bits per heavy atom. The van der Waals surface area contributed by atoms with E-state index in [-0.39, 0.29) is 5.75 Å². The van der Waals surface area contributed by atoms with Gasteiger partial charge >= 0.3 is 5.97 Å². The molecule has 3 aromatic rings. The Labute approximate surface area is 155 Å². The monoisotopic (exact) mass is 390 g/mol. The molecule has 0 amide bonds. The number of carboxylic acid groups (broad SMARTS) is 1. The third-order valence-corrected chi connectivity index (χ3v) is 9.07. The van der Waals surface area contributed by atoms with Gasteiger partial charge in [0, 0.05) is 15.6 Å². The van der Waals surface area contributed by atoms with Crippen molar-refractivity contribution in [2.45, 2.75) is 30.4 Å². The molecule has 5 nitrogen and oxygen atoms in total. The first-order valence-electron chi connectivity index (χ1n) is 8.44. The fourth-order valence-electron chi connectivity index (χ4n) is 3.75. The summed E-state index contributed by atoms with van der Waals surface area (Å²) in [6.07, 6.45) is 2.93. The molecule has 4 rings (SSSR count). The summed E-state index contributed by atoms with van der Waals surface area (Å²) in [5.41, 5.74) is 0.